The molecule has 0 saturated carbocycles. The lowest BCUT2D eigenvalue weighted by Crippen LogP contribution is -2.09. The number of halogens is 2. The molecule has 0 aliphatic rings. The lowest BCUT2D eigenvalue weighted by molar-refractivity contribution is 0.631. The van der Waals surface area contributed by atoms with Gasteiger partial charge in [-0.1, -0.05) is 28.1 Å². The highest BCUT2D eigenvalue weighted by atomic mass is 79.9. The molecular formula is C12H9BrFN3S. The second kappa shape index (κ2) is 5.41. The zero-order valence-electron chi connectivity index (χ0n) is 9.15. The van der Waals surface area contributed by atoms with Gasteiger partial charge in [0.2, 0.25) is 0 Å². The summed E-state index contributed by atoms with van der Waals surface area (Å²) in [6.45, 7) is 0. The van der Waals surface area contributed by atoms with Crippen LogP contribution in [0.4, 0.5) is 15.9 Å². The summed E-state index contributed by atoms with van der Waals surface area (Å²) in [6, 6.07) is 8.06. The van der Waals surface area contributed by atoms with Crippen molar-refractivity contribution < 1.29 is 4.39 Å². The van der Waals surface area contributed by atoms with Gasteiger partial charge < -0.3 is 11.1 Å². The average molecular weight is 326 g/mol. The SMILES string of the molecule is NC(=S)c1ccc(Nc2cc(Br)ccc2F)nc1. The van der Waals surface area contributed by atoms with Crippen molar-refractivity contribution in [1.82, 2.24) is 4.98 Å². The second-order valence-electron chi connectivity index (χ2n) is 3.55. The third kappa shape index (κ3) is 3.02. The molecule has 0 amide bonds. The maximum absolute atomic E-state index is 13.5. The third-order valence-corrected chi connectivity index (χ3v) is 2.97. The molecule has 92 valence electrons. The van der Waals surface area contributed by atoms with E-state index in [0.717, 1.165) is 4.47 Å². The summed E-state index contributed by atoms with van der Waals surface area (Å²) in [7, 11) is 0. The Morgan fingerprint density at radius 1 is 1.33 bits per heavy atom. The van der Waals surface area contributed by atoms with Gasteiger partial charge in [0.05, 0.1) is 5.69 Å². The highest BCUT2D eigenvalue weighted by molar-refractivity contribution is 9.10. The van der Waals surface area contributed by atoms with E-state index in [9.17, 15) is 4.39 Å². The van der Waals surface area contributed by atoms with Crippen molar-refractivity contribution in [3.05, 3.63) is 52.4 Å². The Hall–Kier alpha value is -1.53. The van der Waals surface area contributed by atoms with Gasteiger partial charge in [-0.25, -0.2) is 9.37 Å². The fourth-order valence-corrected chi connectivity index (χ4v) is 1.83. The molecule has 0 saturated heterocycles. The fourth-order valence-electron chi connectivity index (χ4n) is 1.34. The molecule has 1 heterocycles. The van der Waals surface area contributed by atoms with Crippen LogP contribution in [0.3, 0.4) is 0 Å². The first-order valence-electron chi connectivity index (χ1n) is 5.04. The molecule has 0 aliphatic carbocycles. The van der Waals surface area contributed by atoms with Gasteiger partial charge in [0, 0.05) is 16.2 Å². The van der Waals surface area contributed by atoms with Crippen LogP contribution in [0.2, 0.25) is 0 Å². The van der Waals surface area contributed by atoms with E-state index in [-0.39, 0.29) is 10.8 Å². The topological polar surface area (TPSA) is 50.9 Å². The Bertz CT molecular complexity index is 586. The zero-order valence-corrected chi connectivity index (χ0v) is 11.6. The number of nitrogens with two attached hydrogens (primary N) is 1. The van der Waals surface area contributed by atoms with E-state index in [4.69, 9.17) is 18.0 Å². The minimum atomic E-state index is -0.349. The third-order valence-electron chi connectivity index (χ3n) is 2.24. The number of benzene rings is 1. The van der Waals surface area contributed by atoms with E-state index in [0.29, 0.717) is 17.1 Å². The standard InChI is InChI=1S/C12H9BrFN3S/c13-8-2-3-9(14)10(5-8)17-11-4-1-7(6-16-11)12(15)18/h1-6H,(H2,15,18)(H,16,17). The molecule has 2 rings (SSSR count). The second-order valence-corrected chi connectivity index (χ2v) is 4.90. The first-order valence-corrected chi connectivity index (χ1v) is 6.24. The van der Waals surface area contributed by atoms with E-state index in [1.807, 2.05) is 0 Å². The van der Waals surface area contributed by atoms with Crippen LogP contribution in [0.5, 0.6) is 0 Å². The van der Waals surface area contributed by atoms with Crippen LogP contribution in [0.25, 0.3) is 0 Å². The Morgan fingerprint density at radius 2 is 2.11 bits per heavy atom. The molecule has 0 spiro atoms. The summed E-state index contributed by atoms with van der Waals surface area (Å²) in [5.41, 5.74) is 6.48. The van der Waals surface area contributed by atoms with Gasteiger partial charge in [-0.2, -0.15) is 0 Å². The molecule has 0 unspecified atom stereocenters. The molecule has 0 fully saturated rings. The van der Waals surface area contributed by atoms with E-state index in [2.05, 4.69) is 26.2 Å². The number of rotatable bonds is 3. The number of thiocarbonyl (C=S) groups is 1. The van der Waals surface area contributed by atoms with E-state index in [1.165, 1.54) is 6.07 Å². The van der Waals surface area contributed by atoms with Crippen molar-refractivity contribution in [2.75, 3.05) is 5.32 Å². The lowest BCUT2D eigenvalue weighted by atomic mass is 10.2. The van der Waals surface area contributed by atoms with Crippen LogP contribution in [0.1, 0.15) is 5.56 Å². The number of pyridine rings is 1. The molecule has 6 heteroatoms. The molecule has 0 atom stereocenters. The molecule has 3 N–H and O–H groups in total. The molecule has 1 aromatic carbocycles. The summed E-state index contributed by atoms with van der Waals surface area (Å²) in [4.78, 5) is 4.39. The highest BCUT2D eigenvalue weighted by Gasteiger charge is 2.04. The van der Waals surface area contributed by atoms with Crippen molar-refractivity contribution in [3.63, 3.8) is 0 Å². The summed E-state index contributed by atoms with van der Waals surface area (Å²) in [6.07, 6.45) is 1.54. The van der Waals surface area contributed by atoms with Crippen molar-refractivity contribution in [2.24, 2.45) is 5.73 Å². The molecular weight excluding hydrogens is 317 g/mol. The van der Waals surface area contributed by atoms with Gasteiger partial charge in [-0.3, -0.25) is 0 Å². The predicted molar refractivity (Wildman–Crippen MR) is 77.5 cm³/mol. The molecule has 0 aliphatic heterocycles. The minimum Gasteiger partial charge on any atom is -0.389 e. The Kier molecular flexibility index (Phi) is 3.88. The summed E-state index contributed by atoms with van der Waals surface area (Å²) < 4.78 is 14.3. The quantitative estimate of drug-likeness (QED) is 0.849. The van der Waals surface area contributed by atoms with Crippen LogP contribution < -0.4 is 11.1 Å². The van der Waals surface area contributed by atoms with Gasteiger partial charge in [-0.15, -0.1) is 0 Å². The maximum atomic E-state index is 13.5. The molecule has 0 bridgehead atoms. The molecule has 0 radical (unpaired) electrons. The minimum absolute atomic E-state index is 0.280. The van der Waals surface area contributed by atoms with Crippen LogP contribution in [0, 0.1) is 5.82 Å². The van der Waals surface area contributed by atoms with Gasteiger partial charge in [0.15, 0.2) is 0 Å². The molecule has 3 nitrogen and oxygen atoms in total. The zero-order chi connectivity index (χ0) is 13.1. The average Bonchev–Trinajstić information content (AvgIpc) is 2.34. The normalized spacial score (nSPS) is 10.1. The molecule has 18 heavy (non-hydrogen) atoms. The summed E-state index contributed by atoms with van der Waals surface area (Å²) in [5.74, 6) is 0.172. The van der Waals surface area contributed by atoms with Crippen LogP contribution in [-0.2, 0) is 0 Å². The van der Waals surface area contributed by atoms with Crippen LogP contribution in [-0.4, -0.2) is 9.97 Å². The fraction of sp³-hybridized carbons (Fsp3) is 0. The molecule has 2 aromatic rings. The summed E-state index contributed by atoms with van der Waals surface area (Å²) in [5, 5.41) is 2.88. The number of hydrogen-bond acceptors (Lipinski definition) is 3. The largest absolute Gasteiger partial charge is 0.389 e. The predicted octanol–water partition coefficient (Wildman–Crippen LogP) is 3.36. The van der Waals surface area contributed by atoms with Crippen LogP contribution >= 0.6 is 28.1 Å². The first-order chi connectivity index (χ1) is 8.56. The Balaban J connectivity index is 2.23. The maximum Gasteiger partial charge on any atom is 0.146 e. The number of anilines is 2. The van der Waals surface area contributed by atoms with Gasteiger partial charge in [-0.05, 0) is 30.3 Å². The van der Waals surface area contributed by atoms with E-state index < -0.39 is 0 Å². The lowest BCUT2D eigenvalue weighted by Gasteiger charge is -2.07. The Morgan fingerprint density at radius 3 is 2.72 bits per heavy atom. The van der Waals surface area contributed by atoms with Gasteiger partial charge in [0.1, 0.15) is 16.6 Å². The summed E-state index contributed by atoms with van der Waals surface area (Å²) >= 11 is 8.10. The number of nitrogens with one attached hydrogen (secondary N) is 1. The van der Waals surface area contributed by atoms with Crippen molar-refractivity contribution >= 4 is 44.6 Å². The van der Waals surface area contributed by atoms with Crippen molar-refractivity contribution in [3.8, 4) is 0 Å². The Labute approximate surface area is 117 Å². The number of nitrogens with zero attached hydrogens (tertiary/aromatic N) is 1. The van der Waals surface area contributed by atoms with Crippen molar-refractivity contribution in [1.29, 1.82) is 0 Å². The van der Waals surface area contributed by atoms with E-state index >= 15 is 0 Å². The van der Waals surface area contributed by atoms with Gasteiger partial charge in [0.25, 0.3) is 0 Å². The van der Waals surface area contributed by atoms with Gasteiger partial charge >= 0.3 is 0 Å². The molecule has 1 aromatic heterocycles. The number of aromatic nitrogens is 1. The number of hydrogen-bond donors (Lipinski definition) is 2. The first kappa shape index (κ1) is 12.9. The van der Waals surface area contributed by atoms with Crippen molar-refractivity contribution in [2.45, 2.75) is 0 Å². The van der Waals surface area contributed by atoms with Crippen LogP contribution in [0.15, 0.2) is 41.0 Å². The highest BCUT2D eigenvalue weighted by Crippen LogP contribution is 2.22. The van der Waals surface area contributed by atoms with E-state index in [1.54, 1.807) is 30.5 Å². The monoisotopic (exact) mass is 325 g/mol. The smallest absolute Gasteiger partial charge is 0.146 e.